The molecule has 1 atom stereocenters. The van der Waals surface area contributed by atoms with Crippen LogP contribution in [0.4, 0.5) is 5.69 Å². The van der Waals surface area contributed by atoms with Crippen molar-refractivity contribution in [2.24, 2.45) is 0 Å². The molecule has 0 radical (unpaired) electrons. The Balaban J connectivity index is 1.60. The van der Waals surface area contributed by atoms with E-state index in [4.69, 9.17) is 4.74 Å². The fourth-order valence-electron chi connectivity index (χ4n) is 3.20. The SMILES string of the molecule is O=C(NCc1ccccc1)[C@@H]1CN(S(=O)(=O)c2ccc(Br)cc2)c2ccccc2O1. The summed E-state index contributed by atoms with van der Waals surface area (Å²) in [5.41, 5.74) is 1.36. The maximum Gasteiger partial charge on any atom is 0.264 e. The monoisotopic (exact) mass is 486 g/mol. The van der Waals surface area contributed by atoms with Crippen LogP contribution >= 0.6 is 15.9 Å². The van der Waals surface area contributed by atoms with Gasteiger partial charge in [-0.05, 0) is 42.0 Å². The van der Waals surface area contributed by atoms with Crippen molar-refractivity contribution in [2.75, 3.05) is 10.8 Å². The van der Waals surface area contributed by atoms with Gasteiger partial charge in [-0.25, -0.2) is 8.42 Å². The number of rotatable bonds is 5. The van der Waals surface area contributed by atoms with Crippen LogP contribution in [0.25, 0.3) is 0 Å². The number of nitrogens with one attached hydrogen (secondary N) is 1. The molecule has 0 aliphatic carbocycles. The second-order valence-electron chi connectivity index (χ2n) is 6.77. The van der Waals surface area contributed by atoms with Gasteiger partial charge in [-0.2, -0.15) is 0 Å². The summed E-state index contributed by atoms with van der Waals surface area (Å²) in [5.74, 6) is -0.0198. The molecule has 154 valence electrons. The summed E-state index contributed by atoms with van der Waals surface area (Å²) in [6.45, 7) is 0.219. The number of anilines is 1. The third kappa shape index (κ3) is 4.20. The average molecular weight is 487 g/mol. The summed E-state index contributed by atoms with van der Waals surface area (Å²) in [7, 11) is -3.87. The molecule has 0 saturated carbocycles. The highest BCUT2D eigenvalue weighted by Gasteiger charge is 2.37. The van der Waals surface area contributed by atoms with Gasteiger partial charge in [0.25, 0.3) is 15.9 Å². The molecule has 8 heteroatoms. The molecule has 30 heavy (non-hydrogen) atoms. The van der Waals surface area contributed by atoms with Gasteiger partial charge in [0.2, 0.25) is 0 Å². The van der Waals surface area contributed by atoms with Crippen LogP contribution in [0.15, 0.2) is 88.2 Å². The molecule has 0 unspecified atom stereocenters. The first-order valence-electron chi connectivity index (χ1n) is 9.31. The zero-order valence-electron chi connectivity index (χ0n) is 15.9. The summed E-state index contributed by atoms with van der Waals surface area (Å²) in [4.78, 5) is 12.9. The fourth-order valence-corrected chi connectivity index (χ4v) is 4.94. The van der Waals surface area contributed by atoms with Crippen LogP contribution in [0.5, 0.6) is 5.75 Å². The molecule has 1 amide bonds. The predicted octanol–water partition coefficient (Wildman–Crippen LogP) is 3.72. The smallest absolute Gasteiger partial charge is 0.264 e. The first kappa shape index (κ1) is 20.4. The summed E-state index contributed by atoms with van der Waals surface area (Å²) < 4.78 is 34.5. The number of carbonyl (C=O) groups is 1. The number of benzene rings is 3. The minimum absolute atomic E-state index is 0.115. The fraction of sp³-hybridized carbons (Fsp3) is 0.136. The lowest BCUT2D eigenvalue weighted by Crippen LogP contribution is -2.50. The summed E-state index contributed by atoms with van der Waals surface area (Å²) in [5, 5.41) is 2.83. The van der Waals surface area contributed by atoms with E-state index < -0.39 is 16.1 Å². The molecule has 0 fully saturated rings. The third-order valence-electron chi connectivity index (χ3n) is 4.74. The molecule has 3 aromatic rings. The van der Waals surface area contributed by atoms with Gasteiger partial charge >= 0.3 is 0 Å². The molecule has 1 aliphatic rings. The van der Waals surface area contributed by atoms with E-state index in [1.165, 1.54) is 16.4 Å². The number of fused-ring (bicyclic) bond motifs is 1. The van der Waals surface area contributed by atoms with E-state index in [0.717, 1.165) is 10.0 Å². The highest BCUT2D eigenvalue weighted by Crippen LogP contribution is 2.36. The normalized spacial score (nSPS) is 15.8. The van der Waals surface area contributed by atoms with Crippen LogP contribution in [0.2, 0.25) is 0 Å². The molecule has 0 saturated heterocycles. The maximum atomic E-state index is 13.3. The largest absolute Gasteiger partial charge is 0.476 e. The number of halogens is 1. The average Bonchev–Trinajstić information content (AvgIpc) is 2.77. The van der Waals surface area contributed by atoms with Crippen molar-refractivity contribution in [2.45, 2.75) is 17.5 Å². The molecule has 1 aliphatic heterocycles. The summed E-state index contributed by atoms with van der Waals surface area (Å²) in [6.07, 6.45) is -0.964. The van der Waals surface area contributed by atoms with Crippen LogP contribution in [0.3, 0.4) is 0 Å². The van der Waals surface area contributed by atoms with Crippen molar-refractivity contribution < 1.29 is 17.9 Å². The Kier molecular flexibility index (Phi) is 5.78. The first-order chi connectivity index (χ1) is 14.4. The second kappa shape index (κ2) is 8.49. The second-order valence-corrected chi connectivity index (χ2v) is 9.55. The van der Waals surface area contributed by atoms with Gasteiger partial charge in [0.1, 0.15) is 5.75 Å². The molecule has 0 spiro atoms. The molecular weight excluding hydrogens is 468 g/mol. The number of ether oxygens (including phenoxy) is 1. The minimum atomic E-state index is -3.87. The Bertz CT molecular complexity index is 1150. The first-order valence-corrected chi connectivity index (χ1v) is 11.5. The maximum absolute atomic E-state index is 13.3. The number of nitrogens with zero attached hydrogens (tertiary/aromatic N) is 1. The zero-order valence-corrected chi connectivity index (χ0v) is 18.3. The van der Waals surface area contributed by atoms with Gasteiger partial charge in [0.15, 0.2) is 6.10 Å². The molecule has 1 N–H and O–H groups in total. The van der Waals surface area contributed by atoms with E-state index in [0.29, 0.717) is 18.0 Å². The van der Waals surface area contributed by atoms with E-state index in [1.54, 1.807) is 36.4 Å². The summed E-state index contributed by atoms with van der Waals surface area (Å²) >= 11 is 3.32. The van der Waals surface area contributed by atoms with Crippen LogP contribution in [-0.2, 0) is 21.4 Å². The van der Waals surface area contributed by atoms with Gasteiger partial charge in [0.05, 0.1) is 17.1 Å². The van der Waals surface area contributed by atoms with E-state index in [1.807, 2.05) is 30.3 Å². The molecular formula is C22H19BrN2O4S. The number of amides is 1. The number of sulfonamides is 1. The Morgan fingerprint density at radius 3 is 2.40 bits per heavy atom. The topological polar surface area (TPSA) is 75.7 Å². The van der Waals surface area contributed by atoms with E-state index >= 15 is 0 Å². The Labute approximate surface area is 183 Å². The zero-order chi connectivity index (χ0) is 21.1. The lowest BCUT2D eigenvalue weighted by Gasteiger charge is -2.34. The van der Waals surface area contributed by atoms with E-state index in [-0.39, 0.29) is 17.3 Å². The lowest BCUT2D eigenvalue weighted by atomic mass is 10.2. The highest BCUT2D eigenvalue weighted by molar-refractivity contribution is 9.10. The number of carbonyl (C=O) groups excluding carboxylic acids is 1. The van der Waals surface area contributed by atoms with Gasteiger partial charge in [-0.3, -0.25) is 9.10 Å². The Hall–Kier alpha value is -2.84. The van der Waals surface area contributed by atoms with Crippen molar-refractivity contribution in [3.8, 4) is 5.75 Å². The minimum Gasteiger partial charge on any atom is -0.476 e. The van der Waals surface area contributed by atoms with E-state index in [9.17, 15) is 13.2 Å². The van der Waals surface area contributed by atoms with Crippen molar-refractivity contribution >= 4 is 37.5 Å². The van der Waals surface area contributed by atoms with Crippen LogP contribution in [0.1, 0.15) is 5.56 Å². The predicted molar refractivity (Wildman–Crippen MR) is 118 cm³/mol. The summed E-state index contributed by atoms with van der Waals surface area (Å²) in [6, 6.07) is 22.7. The van der Waals surface area contributed by atoms with Gasteiger partial charge < -0.3 is 10.1 Å². The molecule has 0 aromatic heterocycles. The van der Waals surface area contributed by atoms with Crippen molar-refractivity contribution in [3.63, 3.8) is 0 Å². The molecule has 4 rings (SSSR count). The Morgan fingerprint density at radius 1 is 1.00 bits per heavy atom. The van der Waals surface area contributed by atoms with Crippen LogP contribution < -0.4 is 14.4 Å². The quantitative estimate of drug-likeness (QED) is 0.596. The van der Waals surface area contributed by atoms with Crippen LogP contribution in [0, 0.1) is 0 Å². The number of hydrogen-bond donors (Lipinski definition) is 1. The van der Waals surface area contributed by atoms with Crippen molar-refractivity contribution in [1.29, 1.82) is 0 Å². The molecule has 0 bridgehead atoms. The molecule has 6 nitrogen and oxygen atoms in total. The number of para-hydroxylation sites is 2. The highest BCUT2D eigenvalue weighted by atomic mass is 79.9. The standard InChI is InChI=1S/C22H19BrN2O4S/c23-17-10-12-18(13-11-17)30(27,28)25-15-21(29-20-9-5-4-8-19(20)25)22(26)24-14-16-6-2-1-3-7-16/h1-13,21H,14-15H2,(H,24,26)/t21-/m0/s1. The van der Waals surface area contributed by atoms with Gasteiger partial charge in [-0.15, -0.1) is 0 Å². The molecule has 3 aromatic carbocycles. The van der Waals surface area contributed by atoms with Crippen molar-refractivity contribution in [3.05, 3.63) is 88.9 Å². The Morgan fingerprint density at radius 2 is 1.67 bits per heavy atom. The van der Waals surface area contributed by atoms with Gasteiger partial charge in [-0.1, -0.05) is 58.4 Å². The van der Waals surface area contributed by atoms with Crippen LogP contribution in [-0.4, -0.2) is 27.0 Å². The van der Waals surface area contributed by atoms with Crippen molar-refractivity contribution in [1.82, 2.24) is 5.32 Å². The number of hydrogen-bond acceptors (Lipinski definition) is 4. The lowest BCUT2D eigenvalue weighted by molar-refractivity contribution is -0.127. The van der Waals surface area contributed by atoms with Gasteiger partial charge in [0, 0.05) is 11.0 Å². The third-order valence-corrected chi connectivity index (χ3v) is 7.06. The van der Waals surface area contributed by atoms with E-state index in [2.05, 4.69) is 21.2 Å². The molecule has 1 heterocycles.